The highest BCUT2D eigenvalue weighted by molar-refractivity contribution is 7.61. The molecule has 0 aromatic heterocycles. The quantitative estimate of drug-likeness (QED) is 0.460. The molecule has 1 rings (SSSR count). The van der Waals surface area contributed by atoms with Crippen LogP contribution in [0.25, 0.3) is 0 Å². The summed E-state index contributed by atoms with van der Waals surface area (Å²) in [5, 5.41) is 0. The molecule has 0 aliphatic carbocycles. The fourth-order valence-electron chi connectivity index (χ4n) is 0.385. The number of benzene rings is 1. The summed E-state index contributed by atoms with van der Waals surface area (Å²) in [6.07, 6.45) is 0. The third-order valence-electron chi connectivity index (χ3n) is 0.753. The largest absolute Gasteiger partial charge is 0.327 e. The number of nitrogens with zero attached hydrogens (tertiary/aromatic N) is 1. The predicted molar refractivity (Wildman–Crippen MR) is 42.0 cm³/mol. The fourth-order valence-corrected chi connectivity index (χ4v) is 0.385. The van der Waals surface area contributed by atoms with Gasteiger partial charge in [0.2, 0.25) is 0 Å². The third kappa shape index (κ3) is 8.80. The molecule has 0 heterocycles. The average molecular weight is 172 g/mol. The van der Waals surface area contributed by atoms with Crippen LogP contribution in [0.1, 0.15) is 0 Å². The first-order chi connectivity index (χ1) is 5.27. The van der Waals surface area contributed by atoms with Gasteiger partial charge in [-0.15, -0.1) is 0 Å². The second-order valence-electron chi connectivity index (χ2n) is 1.48. The smallest absolute Gasteiger partial charge is 0.212 e. The maximum Gasteiger partial charge on any atom is 0.327 e. The van der Waals surface area contributed by atoms with Crippen molar-refractivity contribution in [3.8, 4) is 0 Å². The lowest BCUT2D eigenvalue weighted by molar-refractivity contribution is 0.620. The van der Waals surface area contributed by atoms with Gasteiger partial charge in [0.25, 0.3) is 0 Å². The Morgan fingerprint density at radius 3 is 1.18 bits per heavy atom. The maximum atomic E-state index is 9.08. The minimum atomic E-state index is -2.42. The van der Waals surface area contributed by atoms with E-state index < -0.39 is 10.5 Å². The summed E-state index contributed by atoms with van der Waals surface area (Å²) in [4.78, 5) is 0. The van der Waals surface area contributed by atoms with E-state index in [1.165, 1.54) is 0 Å². The summed E-state index contributed by atoms with van der Waals surface area (Å²) >= 11 is 0. The van der Waals surface area contributed by atoms with Crippen molar-refractivity contribution >= 4 is 10.5 Å². The van der Waals surface area contributed by atoms with E-state index in [1.54, 1.807) is 0 Å². The molecule has 0 fully saturated rings. The van der Waals surface area contributed by atoms with E-state index in [2.05, 4.69) is 10.3 Å². The van der Waals surface area contributed by atoms with Gasteiger partial charge in [-0.3, -0.25) is 0 Å². The molecule has 2 N–H and O–H groups in total. The molecule has 0 unspecified atom stereocenters. The van der Waals surface area contributed by atoms with Crippen LogP contribution in [0.4, 0.5) is 0 Å². The van der Waals surface area contributed by atoms with Gasteiger partial charge < -0.3 is 0 Å². The molecule has 0 aliphatic heterocycles. The van der Waals surface area contributed by atoms with E-state index >= 15 is 0 Å². The molecule has 60 valence electrons. The summed E-state index contributed by atoms with van der Waals surface area (Å²) in [6, 6.07) is 12.0. The first kappa shape index (κ1) is 9.80. The van der Waals surface area contributed by atoms with Gasteiger partial charge in [-0.25, -0.2) is 5.84 Å². The van der Waals surface area contributed by atoms with Crippen molar-refractivity contribution < 1.29 is 8.42 Å². The van der Waals surface area contributed by atoms with E-state index in [0.29, 0.717) is 0 Å². The minimum Gasteiger partial charge on any atom is -0.212 e. The van der Waals surface area contributed by atoms with E-state index in [0.717, 1.165) is 0 Å². The van der Waals surface area contributed by atoms with Crippen molar-refractivity contribution in [2.75, 3.05) is 0 Å². The molecular weight excluding hydrogens is 164 g/mol. The Kier molecular flexibility index (Phi) is 6.16. The second-order valence-corrected chi connectivity index (χ2v) is 2.12. The zero-order valence-corrected chi connectivity index (χ0v) is 6.53. The lowest BCUT2D eigenvalue weighted by atomic mass is 10.4. The van der Waals surface area contributed by atoms with E-state index in [-0.39, 0.29) is 0 Å². The van der Waals surface area contributed by atoms with Crippen LogP contribution in [0.15, 0.2) is 40.9 Å². The molecule has 11 heavy (non-hydrogen) atoms. The summed E-state index contributed by atoms with van der Waals surface area (Å²) in [7, 11) is -2.42. The van der Waals surface area contributed by atoms with Crippen LogP contribution in [0.2, 0.25) is 0 Å². The summed E-state index contributed by atoms with van der Waals surface area (Å²) in [5.74, 6) is 4.18. The van der Waals surface area contributed by atoms with Crippen LogP contribution in [-0.2, 0) is 10.5 Å². The molecule has 0 saturated carbocycles. The molecule has 0 saturated heterocycles. The Bertz CT molecular complexity index is 259. The van der Waals surface area contributed by atoms with Crippen molar-refractivity contribution in [3.05, 3.63) is 36.4 Å². The molecular formula is C6H8N2O2S. The zero-order chi connectivity index (χ0) is 8.53. The van der Waals surface area contributed by atoms with Gasteiger partial charge in [0.05, 0.1) is 0 Å². The van der Waals surface area contributed by atoms with Crippen LogP contribution in [0.3, 0.4) is 0 Å². The topological polar surface area (TPSA) is 72.5 Å². The number of hydrogen-bond acceptors (Lipinski definition) is 3. The molecule has 0 amide bonds. The van der Waals surface area contributed by atoms with E-state index in [1.807, 2.05) is 36.4 Å². The summed E-state index contributed by atoms with van der Waals surface area (Å²) < 4.78 is 20.5. The van der Waals surface area contributed by atoms with Gasteiger partial charge in [-0.1, -0.05) is 40.9 Å². The fraction of sp³-hybridized carbons (Fsp3) is 0. The Hall–Kier alpha value is -1.20. The molecule has 0 bridgehead atoms. The SMILES string of the molecule is NN=S(=O)=O.c1ccccc1. The average Bonchev–Trinajstić information content (AvgIpc) is 2.09. The Labute approximate surface area is 66.3 Å². The normalized spacial score (nSPS) is 7.36. The van der Waals surface area contributed by atoms with Gasteiger partial charge in [0, 0.05) is 0 Å². The standard InChI is InChI=1S/C6H6.H2N2O2S/c1-2-4-6-5-3-1;1-2-5(3)4/h1-6H;1H2. The lowest BCUT2D eigenvalue weighted by Crippen LogP contribution is -1.73. The highest BCUT2D eigenvalue weighted by Crippen LogP contribution is 1.79. The van der Waals surface area contributed by atoms with Crippen molar-refractivity contribution in [2.45, 2.75) is 0 Å². The first-order valence-corrected chi connectivity index (χ1v) is 3.81. The Balaban J connectivity index is 0.000000187. The minimum absolute atomic E-state index is 2.00. The third-order valence-corrected chi connectivity index (χ3v) is 0.925. The lowest BCUT2D eigenvalue weighted by Gasteiger charge is -1.69. The zero-order valence-electron chi connectivity index (χ0n) is 5.71. The van der Waals surface area contributed by atoms with Crippen molar-refractivity contribution in [3.63, 3.8) is 0 Å². The van der Waals surface area contributed by atoms with Gasteiger partial charge in [-0.2, -0.15) is 8.42 Å². The second kappa shape index (κ2) is 6.91. The molecule has 0 atom stereocenters. The molecule has 5 heteroatoms. The van der Waals surface area contributed by atoms with Crippen LogP contribution >= 0.6 is 0 Å². The molecule has 4 nitrogen and oxygen atoms in total. The van der Waals surface area contributed by atoms with Gasteiger partial charge in [-0.05, 0) is 0 Å². The van der Waals surface area contributed by atoms with Crippen LogP contribution in [0, 0.1) is 0 Å². The van der Waals surface area contributed by atoms with Gasteiger partial charge >= 0.3 is 10.5 Å². The Morgan fingerprint density at radius 1 is 0.909 bits per heavy atom. The summed E-state index contributed by atoms with van der Waals surface area (Å²) in [5.41, 5.74) is 0. The Morgan fingerprint density at radius 2 is 1.09 bits per heavy atom. The van der Waals surface area contributed by atoms with Crippen LogP contribution < -0.4 is 5.84 Å². The maximum absolute atomic E-state index is 9.08. The van der Waals surface area contributed by atoms with E-state index in [4.69, 9.17) is 8.42 Å². The van der Waals surface area contributed by atoms with Crippen molar-refractivity contribution in [1.29, 1.82) is 0 Å². The van der Waals surface area contributed by atoms with Crippen LogP contribution in [0.5, 0.6) is 0 Å². The number of nitrogens with two attached hydrogens (primary N) is 1. The summed E-state index contributed by atoms with van der Waals surface area (Å²) in [6.45, 7) is 0. The highest BCUT2D eigenvalue weighted by Gasteiger charge is 1.57. The monoisotopic (exact) mass is 172 g/mol. The van der Waals surface area contributed by atoms with Crippen LogP contribution in [-0.4, -0.2) is 8.42 Å². The van der Waals surface area contributed by atoms with E-state index in [9.17, 15) is 0 Å². The predicted octanol–water partition coefficient (Wildman–Crippen LogP) is 0.609. The van der Waals surface area contributed by atoms with Crippen molar-refractivity contribution in [2.24, 2.45) is 10.3 Å². The molecule has 1 aromatic carbocycles. The molecule has 0 spiro atoms. The number of rotatable bonds is 0. The first-order valence-electron chi connectivity index (χ1n) is 2.77. The highest BCUT2D eigenvalue weighted by atomic mass is 32.2. The van der Waals surface area contributed by atoms with Gasteiger partial charge in [0.15, 0.2) is 0 Å². The molecule has 0 radical (unpaired) electrons. The molecule has 1 aromatic rings. The van der Waals surface area contributed by atoms with Crippen molar-refractivity contribution in [1.82, 2.24) is 0 Å². The molecule has 0 aliphatic rings. The number of hydrogen-bond donors (Lipinski definition) is 1. The van der Waals surface area contributed by atoms with Gasteiger partial charge in [0.1, 0.15) is 0 Å².